The lowest BCUT2D eigenvalue weighted by Gasteiger charge is -2.16. The zero-order valence-electron chi connectivity index (χ0n) is 10.8. The van der Waals surface area contributed by atoms with Crippen LogP contribution in [0, 0.1) is 0 Å². The van der Waals surface area contributed by atoms with E-state index < -0.39 is 0 Å². The van der Waals surface area contributed by atoms with E-state index >= 15 is 0 Å². The fourth-order valence-corrected chi connectivity index (χ4v) is 2.18. The Balaban J connectivity index is 1.89. The van der Waals surface area contributed by atoms with Crippen molar-refractivity contribution in [3.8, 4) is 0 Å². The first-order valence-electron chi connectivity index (χ1n) is 6.47. The van der Waals surface area contributed by atoms with Crippen LogP contribution in [0.3, 0.4) is 0 Å². The molecule has 4 heteroatoms. The maximum absolute atomic E-state index is 11.9. The van der Waals surface area contributed by atoms with Crippen molar-refractivity contribution in [1.82, 2.24) is 5.32 Å². The third-order valence-corrected chi connectivity index (χ3v) is 3.52. The Morgan fingerprint density at radius 1 is 1.44 bits per heavy atom. The van der Waals surface area contributed by atoms with Crippen LogP contribution in [0.4, 0.5) is 0 Å². The van der Waals surface area contributed by atoms with Crippen LogP contribution in [0.15, 0.2) is 24.3 Å². The number of hydrogen-bond donors (Lipinski definition) is 2. The van der Waals surface area contributed by atoms with Crippen molar-refractivity contribution in [2.45, 2.75) is 44.8 Å². The van der Waals surface area contributed by atoms with E-state index in [1.165, 1.54) is 0 Å². The van der Waals surface area contributed by atoms with E-state index in [2.05, 4.69) is 17.6 Å². The van der Waals surface area contributed by atoms with Gasteiger partial charge in [-0.15, -0.1) is 0 Å². The molecule has 1 amide bonds. The van der Waals surface area contributed by atoms with E-state index in [0.717, 1.165) is 23.4 Å². The largest absolute Gasteiger partial charge is 0.348 e. The van der Waals surface area contributed by atoms with E-state index in [0.29, 0.717) is 6.04 Å². The molecule has 0 unspecified atom stereocenters. The molecule has 3 nitrogen and oxygen atoms in total. The minimum Gasteiger partial charge on any atom is -0.348 e. The Bertz CT molecular complexity index is 432. The summed E-state index contributed by atoms with van der Waals surface area (Å²) in [7, 11) is 0. The van der Waals surface area contributed by atoms with Gasteiger partial charge in [0.15, 0.2) is 6.04 Å². The molecule has 0 saturated heterocycles. The van der Waals surface area contributed by atoms with Crippen molar-refractivity contribution in [1.29, 1.82) is 0 Å². The zero-order chi connectivity index (χ0) is 13.1. The molecule has 1 fully saturated rings. The average Bonchev–Trinajstić information content (AvgIpc) is 3.12. The number of carbonyl (C=O) groups is 1. The van der Waals surface area contributed by atoms with Crippen LogP contribution in [0.25, 0.3) is 0 Å². The molecule has 98 valence electrons. The first-order chi connectivity index (χ1) is 8.56. The number of benzene rings is 1. The van der Waals surface area contributed by atoms with Crippen LogP contribution < -0.4 is 10.6 Å². The van der Waals surface area contributed by atoms with Gasteiger partial charge in [-0.05, 0) is 38.8 Å². The highest BCUT2D eigenvalue weighted by Gasteiger charge is 2.27. The van der Waals surface area contributed by atoms with Gasteiger partial charge >= 0.3 is 0 Å². The van der Waals surface area contributed by atoms with Gasteiger partial charge in [0.1, 0.15) is 6.04 Å². The quantitative estimate of drug-likeness (QED) is 0.837. The molecule has 1 aliphatic rings. The number of nitrogens with one attached hydrogen (secondary N) is 1. The minimum atomic E-state index is -0.0698. The fraction of sp³-hybridized carbons (Fsp3) is 0.500. The Hall–Kier alpha value is -1.06. The monoisotopic (exact) mass is 267 g/mol. The molecule has 3 N–H and O–H groups in total. The summed E-state index contributed by atoms with van der Waals surface area (Å²) in [6, 6.07) is 8.38. The second kappa shape index (κ2) is 5.72. The van der Waals surface area contributed by atoms with E-state index in [4.69, 9.17) is 11.6 Å². The van der Waals surface area contributed by atoms with Gasteiger partial charge in [-0.25, -0.2) is 0 Å². The Kier molecular flexibility index (Phi) is 4.25. The normalized spacial score (nSPS) is 18.2. The van der Waals surface area contributed by atoms with E-state index in [9.17, 15) is 4.79 Å². The summed E-state index contributed by atoms with van der Waals surface area (Å²) in [5, 5.41) is 5.84. The summed E-state index contributed by atoms with van der Waals surface area (Å²) in [5.41, 5.74) is 1.15. The third-order valence-electron chi connectivity index (χ3n) is 3.29. The predicted octanol–water partition coefficient (Wildman–Crippen LogP) is 1.63. The lowest BCUT2D eigenvalue weighted by atomic mass is 10.1. The summed E-state index contributed by atoms with van der Waals surface area (Å²) in [4.78, 5) is 11.9. The molecule has 0 aliphatic heterocycles. The average molecular weight is 268 g/mol. The topological polar surface area (TPSA) is 45.7 Å². The van der Waals surface area contributed by atoms with Gasteiger partial charge in [0.2, 0.25) is 0 Å². The molecule has 1 saturated carbocycles. The molecule has 1 aromatic carbocycles. The van der Waals surface area contributed by atoms with E-state index in [1.54, 1.807) is 0 Å². The van der Waals surface area contributed by atoms with Crippen molar-refractivity contribution in [2.75, 3.05) is 0 Å². The summed E-state index contributed by atoms with van der Waals surface area (Å²) < 4.78 is 0. The summed E-state index contributed by atoms with van der Waals surface area (Å²) in [6.07, 6.45) is 2.25. The zero-order valence-corrected chi connectivity index (χ0v) is 11.6. The van der Waals surface area contributed by atoms with Gasteiger partial charge in [0, 0.05) is 16.6 Å². The first kappa shape index (κ1) is 13.4. The van der Waals surface area contributed by atoms with Crippen molar-refractivity contribution in [2.24, 2.45) is 0 Å². The van der Waals surface area contributed by atoms with Crippen LogP contribution in [0.2, 0.25) is 5.02 Å². The highest BCUT2D eigenvalue weighted by Crippen LogP contribution is 2.18. The third kappa shape index (κ3) is 3.72. The lowest BCUT2D eigenvalue weighted by molar-refractivity contribution is -0.710. The van der Waals surface area contributed by atoms with Crippen molar-refractivity contribution < 1.29 is 10.1 Å². The Morgan fingerprint density at radius 2 is 2.17 bits per heavy atom. The molecule has 0 aromatic heterocycles. The number of quaternary nitrogens is 1. The van der Waals surface area contributed by atoms with Crippen molar-refractivity contribution in [3.63, 3.8) is 0 Å². The maximum Gasteiger partial charge on any atom is 0.278 e. The van der Waals surface area contributed by atoms with Gasteiger partial charge in [-0.1, -0.05) is 23.7 Å². The minimum absolute atomic E-state index is 0.0698. The number of hydrogen-bond acceptors (Lipinski definition) is 1. The van der Waals surface area contributed by atoms with Crippen molar-refractivity contribution >= 4 is 17.5 Å². The molecule has 1 aromatic rings. The SMILES string of the molecule is C[C@@H]([NH2+][C@H](C)c1cccc(Cl)c1)C(=O)NC1CC1. The summed E-state index contributed by atoms with van der Waals surface area (Å²) >= 11 is 5.97. The number of halogens is 1. The second-order valence-corrected chi connectivity index (χ2v) is 5.54. The van der Waals surface area contributed by atoms with Gasteiger partial charge in [0.25, 0.3) is 5.91 Å². The van der Waals surface area contributed by atoms with E-state index in [1.807, 2.05) is 31.2 Å². The van der Waals surface area contributed by atoms with Crippen LogP contribution >= 0.6 is 11.6 Å². The lowest BCUT2D eigenvalue weighted by Crippen LogP contribution is -2.92. The standard InChI is InChI=1S/C14H19ClN2O/c1-9(11-4-3-5-12(15)8-11)16-10(2)14(18)17-13-6-7-13/h3-5,8-10,13,16H,6-7H2,1-2H3,(H,17,18)/p+1/t9-,10-/m1/s1. The number of carbonyl (C=O) groups excluding carboxylic acids is 1. The van der Waals surface area contributed by atoms with Crippen LogP contribution in [0.5, 0.6) is 0 Å². The first-order valence-corrected chi connectivity index (χ1v) is 6.85. The molecule has 0 radical (unpaired) electrons. The number of amides is 1. The van der Waals surface area contributed by atoms with Gasteiger partial charge < -0.3 is 10.6 Å². The molecule has 1 aliphatic carbocycles. The molecule has 0 heterocycles. The van der Waals surface area contributed by atoms with Crippen molar-refractivity contribution in [3.05, 3.63) is 34.9 Å². The van der Waals surface area contributed by atoms with Gasteiger partial charge in [0.05, 0.1) is 0 Å². The molecule has 0 spiro atoms. The van der Waals surface area contributed by atoms with Crippen LogP contribution in [-0.4, -0.2) is 18.0 Å². The maximum atomic E-state index is 11.9. The second-order valence-electron chi connectivity index (χ2n) is 5.11. The summed E-state index contributed by atoms with van der Waals surface area (Å²) in [6.45, 7) is 4.03. The molecule has 2 atom stereocenters. The van der Waals surface area contributed by atoms with Crippen LogP contribution in [0.1, 0.15) is 38.3 Å². The molecular formula is C14H20ClN2O+. The molecule has 2 rings (SSSR count). The summed E-state index contributed by atoms with van der Waals surface area (Å²) in [5.74, 6) is 0.131. The molecular weight excluding hydrogens is 248 g/mol. The smallest absolute Gasteiger partial charge is 0.278 e. The molecule has 18 heavy (non-hydrogen) atoms. The van der Waals surface area contributed by atoms with E-state index in [-0.39, 0.29) is 18.0 Å². The highest BCUT2D eigenvalue weighted by atomic mass is 35.5. The van der Waals surface area contributed by atoms with Gasteiger partial charge in [-0.2, -0.15) is 0 Å². The highest BCUT2D eigenvalue weighted by molar-refractivity contribution is 6.30. The van der Waals surface area contributed by atoms with Crippen LogP contribution in [-0.2, 0) is 4.79 Å². The number of rotatable bonds is 5. The predicted molar refractivity (Wildman–Crippen MR) is 72.4 cm³/mol. The fourth-order valence-electron chi connectivity index (χ4n) is 1.98. The Labute approximate surface area is 113 Å². The molecule has 0 bridgehead atoms. The van der Waals surface area contributed by atoms with Gasteiger partial charge in [-0.3, -0.25) is 4.79 Å². The number of nitrogens with two attached hydrogens (primary N) is 1. The Morgan fingerprint density at radius 3 is 2.78 bits per heavy atom.